The molecule has 2 rings (SSSR count). The van der Waals surface area contributed by atoms with Crippen LogP contribution in [0.2, 0.25) is 0 Å². The highest BCUT2D eigenvalue weighted by molar-refractivity contribution is 7.91. The fourth-order valence-corrected chi connectivity index (χ4v) is 3.68. The van der Waals surface area contributed by atoms with Gasteiger partial charge in [0.15, 0.2) is 5.00 Å². The smallest absolute Gasteiger partial charge is 0.304 e. The van der Waals surface area contributed by atoms with Gasteiger partial charge < -0.3 is 10.3 Å². The molecule has 0 radical (unpaired) electrons. The van der Waals surface area contributed by atoms with Crippen LogP contribution in [0.3, 0.4) is 0 Å². The normalized spacial score (nSPS) is 11.7. The average molecular weight is 317 g/mol. The first kappa shape index (κ1) is 14.4. The van der Waals surface area contributed by atoms with Gasteiger partial charge in [0.25, 0.3) is 10.0 Å². The molecule has 9 nitrogen and oxygen atoms in total. The van der Waals surface area contributed by atoms with Crippen molar-refractivity contribution in [3.05, 3.63) is 34.4 Å². The van der Waals surface area contributed by atoms with Crippen molar-refractivity contribution >= 4 is 32.0 Å². The number of nitrogens with zero attached hydrogens (tertiary/aromatic N) is 3. The first-order valence-electron chi connectivity index (χ1n) is 5.31. The van der Waals surface area contributed by atoms with Crippen LogP contribution >= 0.6 is 11.3 Å². The van der Waals surface area contributed by atoms with E-state index in [1.165, 1.54) is 6.20 Å². The Kier molecular flexibility index (Phi) is 3.74. The molecule has 0 unspecified atom stereocenters. The summed E-state index contributed by atoms with van der Waals surface area (Å²) in [6, 6.07) is 0.945. The van der Waals surface area contributed by atoms with Crippen LogP contribution in [-0.2, 0) is 23.6 Å². The van der Waals surface area contributed by atoms with Crippen LogP contribution in [-0.4, -0.2) is 22.9 Å². The van der Waals surface area contributed by atoms with Crippen LogP contribution in [0.5, 0.6) is 0 Å². The Morgan fingerprint density at radius 3 is 2.80 bits per heavy atom. The third-order valence-corrected chi connectivity index (χ3v) is 5.35. The van der Waals surface area contributed by atoms with Crippen molar-refractivity contribution < 1.29 is 13.3 Å². The minimum atomic E-state index is -3.86. The van der Waals surface area contributed by atoms with Gasteiger partial charge in [0, 0.05) is 25.5 Å². The lowest BCUT2D eigenvalue weighted by Crippen LogP contribution is -2.24. The van der Waals surface area contributed by atoms with Crippen molar-refractivity contribution in [3.63, 3.8) is 0 Å². The Bertz CT molecular complexity index is 748. The predicted octanol–water partition coefficient (Wildman–Crippen LogP) is 0.451. The number of hydrogen-bond acceptors (Lipinski definition) is 7. The number of rotatable bonds is 5. The molecule has 2 aromatic rings. The third-order valence-electron chi connectivity index (χ3n) is 2.52. The molecule has 0 aromatic carbocycles. The molecule has 0 aliphatic carbocycles. The molecule has 3 N–H and O–H groups in total. The van der Waals surface area contributed by atoms with E-state index < -0.39 is 20.6 Å². The van der Waals surface area contributed by atoms with Crippen LogP contribution in [0.15, 0.2) is 22.7 Å². The van der Waals surface area contributed by atoms with E-state index in [4.69, 9.17) is 5.73 Å². The SMILES string of the molecule is Cn1ccnc1CNS(=O)(=O)c1cc([N+](=O)[O-])c(N)s1. The van der Waals surface area contributed by atoms with Crippen molar-refractivity contribution in [1.82, 2.24) is 14.3 Å². The van der Waals surface area contributed by atoms with Gasteiger partial charge in [-0.05, 0) is 0 Å². The van der Waals surface area contributed by atoms with Gasteiger partial charge in [-0.15, -0.1) is 0 Å². The molecule has 0 aliphatic heterocycles. The molecular weight excluding hydrogens is 306 g/mol. The third kappa shape index (κ3) is 2.79. The van der Waals surface area contributed by atoms with E-state index >= 15 is 0 Å². The summed E-state index contributed by atoms with van der Waals surface area (Å²) in [7, 11) is -2.13. The van der Waals surface area contributed by atoms with Crippen molar-refractivity contribution in [2.24, 2.45) is 7.05 Å². The van der Waals surface area contributed by atoms with Crippen LogP contribution in [0.4, 0.5) is 10.7 Å². The summed E-state index contributed by atoms with van der Waals surface area (Å²) in [4.78, 5) is 13.9. The zero-order valence-electron chi connectivity index (χ0n) is 10.3. The highest BCUT2D eigenvalue weighted by Crippen LogP contribution is 2.34. The summed E-state index contributed by atoms with van der Waals surface area (Å²) in [6.45, 7) is -0.0164. The molecule has 0 fully saturated rings. The fourth-order valence-electron chi connectivity index (χ4n) is 1.45. The summed E-state index contributed by atoms with van der Waals surface area (Å²) in [6.07, 6.45) is 3.22. The predicted molar refractivity (Wildman–Crippen MR) is 72.6 cm³/mol. The van der Waals surface area contributed by atoms with Crippen LogP contribution in [0.25, 0.3) is 0 Å². The first-order chi connectivity index (χ1) is 9.31. The van der Waals surface area contributed by atoms with Crippen LogP contribution < -0.4 is 10.5 Å². The van der Waals surface area contributed by atoms with Crippen molar-refractivity contribution in [3.8, 4) is 0 Å². The lowest BCUT2D eigenvalue weighted by atomic mass is 10.5. The number of aryl methyl sites for hydroxylation is 1. The summed E-state index contributed by atoms with van der Waals surface area (Å²) in [5.41, 5.74) is 5.01. The van der Waals surface area contributed by atoms with Gasteiger partial charge in [0.05, 0.1) is 11.5 Å². The highest BCUT2D eigenvalue weighted by atomic mass is 32.2. The average Bonchev–Trinajstić information content (AvgIpc) is 2.93. The largest absolute Gasteiger partial charge is 0.385 e. The number of nitro groups is 1. The molecule has 0 spiro atoms. The Labute approximate surface area is 118 Å². The Morgan fingerprint density at radius 1 is 1.60 bits per heavy atom. The van der Waals surface area contributed by atoms with Gasteiger partial charge in [0.1, 0.15) is 10.0 Å². The lowest BCUT2D eigenvalue weighted by Gasteiger charge is -2.04. The minimum Gasteiger partial charge on any atom is -0.385 e. The Balaban J connectivity index is 2.20. The molecule has 2 aromatic heterocycles. The van der Waals surface area contributed by atoms with Gasteiger partial charge in [-0.3, -0.25) is 10.1 Å². The minimum absolute atomic E-state index is 0.0164. The molecule has 0 saturated heterocycles. The number of anilines is 1. The maximum atomic E-state index is 12.0. The van der Waals surface area contributed by atoms with E-state index in [0.717, 1.165) is 6.07 Å². The van der Waals surface area contributed by atoms with Crippen molar-refractivity contribution in [1.29, 1.82) is 0 Å². The maximum Gasteiger partial charge on any atom is 0.304 e. The van der Waals surface area contributed by atoms with Gasteiger partial charge in [-0.1, -0.05) is 11.3 Å². The number of sulfonamides is 1. The molecule has 0 atom stereocenters. The summed E-state index contributed by atoms with van der Waals surface area (Å²) in [5.74, 6) is 0.521. The number of thiophene rings is 1. The lowest BCUT2D eigenvalue weighted by molar-refractivity contribution is -0.383. The van der Waals surface area contributed by atoms with E-state index in [2.05, 4.69) is 9.71 Å². The molecule has 11 heteroatoms. The fraction of sp³-hybridized carbons (Fsp3) is 0.222. The molecule has 108 valence electrons. The number of nitrogen functional groups attached to an aromatic ring is 1. The topological polar surface area (TPSA) is 133 Å². The molecule has 0 amide bonds. The van der Waals surface area contributed by atoms with E-state index in [9.17, 15) is 18.5 Å². The molecular formula is C9H11N5O4S2. The van der Waals surface area contributed by atoms with Gasteiger partial charge >= 0.3 is 5.69 Å². The monoisotopic (exact) mass is 317 g/mol. The molecule has 0 aliphatic rings. The van der Waals surface area contributed by atoms with Crippen molar-refractivity contribution in [2.75, 3.05) is 5.73 Å². The van der Waals surface area contributed by atoms with E-state index in [0.29, 0.717) is 17.2 Å². The second-order valence-corrected chi connectivity index (χ2v) is 6.93. The standard InChI is InChI=1S/C9H11N5O4S2/c1-13-3-2-11-7(13)5-12-20(17,18)8-4-6(14(15)16)9(10)19-8/h2-4,12H,5,10H2,1H3. The number of nitrogens with two attached hydrogens (primary N) is 1. The molecule has 0 saturated carbocycles. The summed E-state index contributed by atoms with van der Waals surface area (Å²) >= 11 is 0.649. The number of aromatic nitrogens is 2. The second-order valence-electron chi connectivity index (χ2n) is 3.85. The summed E-state index contributed by atoms with van der Waals surface area (Å²) in [5, 5.41) is 10.5. The number of imidazole rings is 1. The van der Waals surface area contributed by atoms with E-state index in [1.54, 1.807) is 17.8 Å². The molecule has 2 heterocycles. The second kappa shape index (κ2) is 5.19. The first-order valence-corrected chi connectivity index (χ1v) is 7.61. The molecule has 0 bridgehead atoms. The van der Waals surface area contributed by atoms with Gasteiger partial charge in [-0.2, -0.15) is 0 Å². The number of hydrogen-bond donors (Lipinski definition) is 2. The van der Waals surface area contributed by atoms with E-state index in [1.807, 2.05) is 0 Å². The maximum absolute atomic E-state index is 12.0. The van der Waals surface area contributed by atoms with Crippen molar-refractivity contribution in [2.45, 2.75) is 10.8 Å². The highest BCUT2D eigenvalue weighted by Gasteiger charge is 2.24. The van der Waals surface area contributed by atoms with Crippen LogP contribution in [0, 0.1) is 10.1 Å². The van der Waals surface area contributed by atoms with E-state index in [-0.39, 0.29) is 15.8 Å². The summed E-state index contributed by atoms with van der Waals surface area (Å²) < 4.78 is 27.8. The van der Waals surface area contributed by atoms with Gasteiger partial charge in [0.2, 0.25) is 0 Å². The zero-order valence-corrected chi connectivity index (χ0v) is 11.9. The zero-order chi connectivity index (χ0) is 14.9. The Morgan fingerprint density at radius 2 is 2.30 bits per heavy atom. The van der Waals surface area contributed by atoms with Crippen LogP contribution in [0.1, 0.15) is 5.82 Å². The molecule has 20 heavy (non-hydrogen) atoms. The van der Waals surface area contributed by atoms with Gasteiger partial charge in [-0.25, -0.2) is 18.1 Å². The Hall–Kier alpha value is -1.98. The number of nitrogens with one attached hydrogen (secondary N) is 1. The quantitative estimate of drug-likeness (QED) is 0.607.